The molecule has 88 valence electrons. The number of nitrogens with zero attached hydrogens (tertiary/aromatic N) is 1. The highest BCUT2D eigenvalue weighted by Crippen LogP contribution is 2.23. The fourth-order valence-electron chi connectivity index (χ4n) is 1.64. The minimum Gasteiger partial charge on any atom is -0.378 e. The maximum Gasteiger partial charge on any atom is 0.0497 e. The lowest BCUT2D eigenvalue weighted by Gasteiger charge is -2.19. The van der Waals surface area contributed by atoms with E-state index < -0.39 is 0 Å². The van der Waals surface area contributed by atoms with E-state index >= 15 is 0 Å². The quantitative estimate of drug-likeness (QED) is 0.453. The molecule has 1 rings (SSSR count). The van der Waals surface area contributed by atoms with Crippen LogP contribution in [-0.4, -0.2) is 14.1 Å². The first-order valence-electron chi connectivity index (χ1n) is 5.42. The van der Waals surface area contributed by atoms with Crippen molar-refractivity contribution in [2.45, 2.75) is 19.4 Å². The molecule has 0 aromatic heterocycles. The topological polar surface area (TPSA) is 41.3 Å². The van der Waals surface area contributed by atoms with E-state index in [-0.39, 0.29) is 6.04 Å². The van der Waals surface area contributed by atoms with E-state index in [0.29, 0.717) is 0 Å². The van der Waals surface area contributed by atoms with E-state index in [1.807, 2.05) is 27.1 Å². The van der Waals surface area contributed by atoms with Gasteiger partial charge in [-0.1, -0.05) is 17.7 Å². The Morgan fingerprint density at radius 1 is 1.50 bits per heavy atom. The highest BCUT2D eigenvalue weighted by molar-refractivity contribution is 5.47. The fourth-order valence-corrected chi connectivity index (χ4v) is 1.64. The first kappa shape index (κ1) is 12.7. The lowest BCUT2D eigenvalue weighted by molar-refractivity contribution is 0.550. The van der Waals surface area contributed by atoms with Crippen molar-refractivity contribution in [1.82, 2.24) is 5.43 Å². The summed E-state index contributed by atoms with van der Waals surface area (Å²) in [7, 11) is 4.06. The van der Waals surface area contributed by atoms with Gasteiger partial charge in [-0.25, -0.2) is 0 Å². The first-order valence-corrected chi connectivity index (χ1v) is 5.42. The summed E-state index contributed by atoms with van der Waals surface area (Å²) in [5.41, 5.74) is 6.33. The van der Waals surface area contributed by atoms with Crippen molar-refractivity contribution in [2.75, 3.05) is 19.0 Å². The van der Waals surface area contributed by atoms with Crippen LogP contribution in [0.2, 0.25) is 0 Å². The Kier molecular flexibility index (Phi) is 4.52. The highest BCUT2D eigenvalue weighted by Gasteiger charge is 2.10. The van der Waals surface area contributed by atoms with Gasteiger partial charge in [0.25, 0.3) is 0 Å². The molecule has 0 heterocycles. The zero-order valence-corrected chi connectivity index (χ0v) is 10.3. The Balaban J connectivity index is 2.92. The Hall–Kier alpha value is -1.32. The molecule has 1 unspecified atom stereocenters. The molecule has 0 radical (unpaired) electrons. The minimum atomic E-state index is 0.136. The lowest BCUT2D eigenvalue weighted by Crippen LogP contribution is -2.28. The molecule has 3 nitrogen and oxygen atoms in total. The van der Waals surface area contributed by atoms with Crippen LogP contribution in [0.5, 0.6) is 0 Å². The van der Waals surface area contributed by atoms with E-state index in [1.54, 1.807) is 0 Å². The molecule has 0 aliphatic rings. The summed E-state index contributed by atoms with van der Waals surface area (Å²) in [6.07, 6.45) is 0.855. The highest BCUT2D eigenvalue weighted by atomic mass is 15.2. The summed E-state index contributed by atoms with van der Waals surface area (Å²) in [6, 6.07) is 8.50. The van der Waals surface area contributed by atoms with Crippen LogP contribution in [0.15, 0.2) is 36.4 Å². The second-order valence-corrected chi connectivity index (χ2v) is 4.37. The molecule has 0 saturated heterocycles. The number of hydrogen-bond donors (Lipinski definition) is 2. The molecule has 1 atom stereocenters. The van der Waals surface area contributed by atoms with Gasteiger partial charge >= 0.3 is 0 Å². The molecule has 0 saturated carbocycles. The SMILES string of the molecule is C=C(C)CC(NN)c1cccc(N(C)C)c1. The van der Waals surface area contributed by atoms with Gasteiger partial charge in [-0.3, -0.25) is 11.3 Å². The van der Waals surface area contributed by atoms with Gasteiger partial charge in [0.2, 0.25) is 0 Å². The Bertz CT molecular complexity index is 358. The Morgan fingerprint density at radius 3 is 2.69 bits per heavy atom. The third-order valence-electron chi connectivity index (χ3n) is 2.54. The van der Waals surface area contributed by atoms with Gasteiger partial charge in [0.05, 0.1) is 0 Å². The number of benzene rings is 1. The predicted octanol–water partition coefficient (Wildman–Crippen LogP) is 2.22. The Labute approximate surface area is 97.9 Å². The number of nitrogens with one attached hydrogen (secondary N) is 1. The summed E-state index contributed by atoms with van der Waals surface area (Å²) < 4.78 is 0. The average molecular weight is 219 g/mol. The summed E-state index contributed by atoms with van der Waals surface area (Å²) >= 11 is 0. The molecular weight excluding hydrogens is 198 g/mol. The fraction of sp³-hybridized carbons (Fsp3) is 0.385. The van der Waals surface area contributed by atoms with Crippen molar-refractivity contribution in [1.29, 1.82) is 0 Å². The van der Waals surface area contributed by atoms with E-state index in [4.69, 9.17) is 5.84 Å². The Morgan fingerprint density at radius 2 is 2.19 bits per heavy atom. The monoisotopic (exact) mass is 219 g/mol. The van der Waals surface area contributed by atoms with Gasteiger partial charge in [-0.05, 0) is 31.0 Å². The standard InChI is InChI=1S/C13H21N3/c1-10(2)8-13(15-14)11-6-5-7-12(9-11)16(3)4/h5-7,9,13,15H,1,8,14H2,2-4H3. The van der Waals surface area contributed by atoms with E-state index in [0.717, 1.165) is 12.0 Å². The summed E-state index contributed by atoms with van der Waals surface area (Å²) in [4.78, 5) is 2.08. The summed E-state index contributed by atoms with van der Waals surface area (Å²) in [5, 5.41) is 0. The van der Waals surface area contributed by atoms with Crippen LogP contribution in [0.4, 0.5) is 5.69 Å². The second kappa shape index (κ2) is 5.68. The molecule has 1 aromatic rings. The van der Waals surface area contributed by atoms with Crippen molar-refractivity contribution in [3.63, 3.8) is 0 Å². The van der Waals surface area contributed by atoms with Gasteiger partial charge in [0.1, 0.15) is 0 Å². The number of anilines is 1. The molecular formula is C13H21N3. The van der Waals surface area contributed by atoms with Crippen LogP contribution in [-0.2, 0) is 0 Å². The van der Waals surface area contributed by atoms with Crippen molar-refractivity contribution in [3.8, 4) is 0 Å². The molecule has 0 amide bonds. The maximum absolute atomic E-state index is 5.57. The molecule has 16 heavy (non-hydrogen) atoms. The van der Waals surface area contributed by atoms with Gasteiger partial charge in [0.15, 0.2) is 0 Å². The van der Waals surface area contributed by atoms with Crippen LogP contribution in [0.25, 0.3) is 0 Å². The van der Waals surface area contributed by atoms with Crippen LogP contribution in [0.1, 0.15) is 24.9 Å². The normalized spacial score (nSPS) is 12.2. The largest absolute Gasteiger partial charge is 0.378 e. The molecule has 0 spiro atoms. The molecule has 3 N–H and O–H groups in total. The third-order valence-corrected chi connectivity index (χ3v) is 2.54. The van der Waals surface area contributed by atoms with Crippen molar-refractivity contribution in [3.05, 3.63) is 42.0 Å². The van der Waals surface area contributed by atoms with Gasteiger partial charge in [-0.2, -0.15) is 0 Å². The minimum absolute atomic E-state index is 0.136. The van der Waals surface area contributed by atoms with E-state index in [1.165, 1.54) is 11.3 Å². The molecule has 0 fully saturated rings. The van der Waals surface area contributed by atoms with Crippen LogP contribution < -0.4 is 16.2 Å². The van der Waals surface area contributed by atoms with Gasteiger partial charge < -0.3 is 4.90 Å². The predicted molar refractivity (Wildman–Crippen MR) is 70.3 cm³/mol. The lowest BCUT2D eigenvalue weighted by atomic mass is 10.0. The van der Waals surface area contributed by atoms with Crippen LogP contribution in [0, 0.1) is 0 Å². The van der Waals surface area contributed by atoms with Crippen LogP contribution in [0.3, 0.4) is 0 Å². The van der Waals surface area contributed by atoms with E-state index in [9.17, 15) is 0 Å². The first-order chi connectivity index (χ1) is 7.54. The molecule has 0 aliphatic heterocycles. The molecule has 1 aromatic carbocycles. The number of hydrazine groups is 1. The third kappa shape index (κ3) is 3.36. The summed E-state index contributed by atoms with van der Waals surface area (Å²) in [5.74, 6) is 5.57. The zero-order valence-electron chi connectivity index (χ0n) is 10.3. The molecule has 0 bridgehead atoms. The van der Waals surface area contributed by atoms with Gasteiger partial charge in [0, 0.05) is 25.8 Å². The maximum atomic E-state index is 5.57. The number of nitrogens with two attached hydrogens (primary N) is 1. The number of rotatable bonds is 5. The van der Waals surface area contributed by atoms with Crippen molar-refractivity contribution in [2.24, 2.45) is 5.84 Å². The second-order valence-electron chi connectivity index (χ2n) is 4.37. The number of hydrogen-bond acceptors (Lipinski definition) is 3. The van der Waals surface area contributed by atoms with Crippen LogP contribution >= 0.6 is 0 Å². The average Bonchev–Trinajstić information content (AvgIpc) is 2.25. The summed E-state index contributed by atoms with van der Waals surface area (Å²) in [6.45, 7) is 5.93. The van der Waals surface area contributed by atoms with E-state index in [2.05, 4.69) is 35.1 Å². The van der Waals surface area contributed by atoms with Crippen molar-refractivity contribution >= 4 is 5.69 Å². The zero-order chi connectivity index (χ0) is 12.1. The smallest absolute Gasteiger partial charge is 0.0497 e. The van der Waals surface area contributed by atoms with Gasteiger partial charge in [-0.15, -0.1) is 6.58 Å². The van der Waals surface area contributed by atoms with Crippen molar-refractivity contribution < 1.29 is 0 Å². The molecule has 3 heteroatoms. The molecule has 0 aliphatic carbocycles.